The summed E-state index contributed by atoms with van der Waals surface area (Å²) in [6.45, 7) is 0. The van der Waals surface area contributed by atoms with Crippen LogP contribution in [0.2, 0.25) is 5.02 Å². The molecule has 0 atom stereocenters. The topological polar surface area (TPSA) is 105 Å². The van der Waals surface area contributed by atoms with Crippen LogP contribution in [0.1, 0.15) is 25.7 Å². The molecule has 0 amide bonds. The summed E-state index contributed by atoms with van der Waals surface area (Å²) in [5, 5.41) is 12.3. The molecule has 6 nitrogen and oxygen atoms in total. The maximum absolute atomic E-state index is 12.5. The number of amidine groups is 1. The number of benzene rings is 1. The minimum Gasteiger partial charge on any atom is -0.409 e. The van der Waals surface area contributed by atoms with E-state index in [0.29, 0.717) is 22.3 Å². The zero-order valence-electron chi connectivity index (χ0n) is 11.0. The molecule has 0 heterocycles. The van der Waals surface area contributed by atoms with Gasteiger partial charge in [0, 0.05) is 4.47 Å². The highest BCUT2D eigenvalue weighted by molar-refractivity contribution is 9.10. The van der Waals surface area contributed by atoms with Gasteiger partial charge >= 0.3 is 0 Å². The van der Waals surface area contributed by atoms with Crippen LogP contribution in [0.15, 0.2) is 32.7 Å². The number of hydrogen-bond acceptors (Lipinski definition) is 4. The van der Waals surface area contributed by atoms with Gasteiger partial charge in [0.05, 0.1) is 15.5 Å². The maximum Gasteiger partial charge on any atom is 0.241 e. The first kappa shape index (κ1) is 16.5. The van der Waals surface area contributed by atoms with Crippen LogP contribution in [0, 0.1) is 0 Å². The van der Waals surface area contributed by atoms with Gasteiger partial charge in [0.15, 0.2) is 5.84 Å². The van der Waals surface area contributed by atoms with Crippen molar-refractivity contribution in [3.8, 4) is 0 Å². The Morgan fingerprint density at radius 2 is 2.05 bits per heavy atom. The molecule has 1 aromatic carbocycles. The van der Waals surface area contributed by atoms with Crippen molar-refractivity contribution in [1.82, 2.24) is 4.72 Å². The third-order valence-electron chi connectivity index (χ3n) is 3.59. The van der Waals surface area contributed by atoms with E-state index in [1.807, 2.05) is 0 Å². The molecule has 4 N–H and O–H groups in total. The summed E-state index contributed by atoms with van der Waals surface area (Å²) in [6, 6.07) is 4.31. The minimum atomic E-state index is -3.81. The average molecular weight is 397 g/mol. The van der Waals surface area contributed by atoms with Crippen LogP contribution in [0.4, 0.5) is 0 Å². The Labute approximate surface area is 136 Å². The predicted molar refractivity (Wildman–Crippen MR) is 84.1 cm³/mol. The van der Waals surface area contributed by atoms with E-state index in [1.165, 1.54) is 18.2 Å². The molecule has 9 heteroatoms. The van der Waals surface area contributed by atoms with Gasteiger partial charge in [-0.2, -0.15) is 4.72 Å². The van der Waals surface area contributed by atoms with Gasteiger partial charge in [-0.15, -0.1) is 0 Å². The molecule has 0 aliphatic heterocycles. The van der Waals surface area contributed by atoms with Gasteiger partial charge in [0.1, 0.15) is 0 Å². The fourth-order valence-corrected chi connectivity index (χ4v) is 4.55. The van der Waals surface area contributed by atoms with E-state index in [2.05, 4.69) is 25.8 Å². The van der Waals surface area contributed by atoms with Crippen LogP contribution in [0.25, 0.3) is 0 Å². The number of hydrogen-bond donors (Lipinski definition) is 3. The lowest BCUT2D eigenvalue weighted by Crippen LogP contribution is -2.55. The van der Waals surface area contributed by atoms with Crippen LogP contribution in [0.5, 0.6) is 0 Å². The molecule has 1 saturated carbocycles. The molecule has 0 unspecified atom stereocenters. The lowest BCUT2D eigenvalue weighted by molar-refractivity contribution is 0.309. The number of oxime groups is 1. The van der Waals surface area contributed by atoms with E-state index in [-0.39, 0.29) is 10.7 Å². The van der Waals surface area contributed by atoms with Gasteiger partial charge < -0.3 is 10.9 Å². The molecule has 1 aromatic rings. The number of nitrogens with two attached hydrogens (primary N) is 1. The second kappa shape index (κ2) is 6.12. The lowest BCUT2D eigenvalue weighted by atomic mass is 9.98. The largest absolute Gasteiger partial charge is 0.409 e. The first-order valence-corrected chi connectivity index (χ1v) is 8.93. The van der Waals surface area contributed by atoms with E-state index >= 15 is 0 Å². The zero-order chi connectivity index (χ0) is 15.7. The maximum atomic E-state index is 12.5. The Morgan fingerprint density at radius 1 is 1.43 bits per heavy atom. The highest BCUT2D eigenvalue weighted by Gasteiger charge is 2.42. The van der Waals surface area contributed by atoms with Crippen LogP contribution in [-0.4, -0.2) is 25.0 Å². The summed E-state index contributed by atoms with van der Waals surface area (Å²) in [7, 11) is -3.81. The van der Waals surface area contributed by atoms with Crippen molar-refractivity contribution in [2.45, 2.75) is 36.1 Å². The molecular formula is C12H15BrClN3O3S. The third kappa shape index (κ3) is 3.33. The number of sulfonamides is 1. The third-order valence-corrected chi connectivity index (χ3v) is 6.33. The standard InChI is InChI=1S/C12H15BrClN3O3S/c13-9-7-8(3-4-10(9)14)21(19,20)17-12(11(15)16-18)5-1-2-6-12/h3-4,7,17-18H,1-2,5-6H2,(H2,15,16). The molecule has 1 aliphatic carbocycles. The highest BCUT2D eigenvalue weighted by Crippen LogP contribution is 2.32. The monoisotopic (exact) mass is 395 g/mol. The van der Waals surface area contributed by atoms with Gasteiger partial charge in [-0.25, -0.2) is 8.42 Å². The summed E-state index contributed by atoms with van der Waals surface area (Å²) in [5.74, 6) is -0.114. The molecule has 2 rings (SSSR count). The SMILES string of the molecule is N/C(=N/O)C1(NS(=O)(=O)c2ccc(Cl)c(Br)c2)CCCC1. The first-order chi connectivity index (χ1) is 9.81. The Balaban J connectivity index is 2.37. The molecule has 0 spiro atoms. The summed E-state index contributed by atoms with van der Waals surface area (Å²) < 4.78 is 28.1. The number of nitrogens with zero attached hydrogens (tertiary/aromatic N) is 1. The molecule has 0 radical (unpaired) electrons. The Hall–Kier alpha value is -0.830. The smallest absolute Gasteiger partial charge is 0.241 e. The van der Waals surface area contributed by atoms with Crippen molar-refractivity contribution < 1.29 is 13.6 Å². The van der Waals surface area contributed by atoms with Gasteiger partial charge in [0.2, 0.25) is 10.0 Å². The fraction of sp³-hybridized carbons (Fsp3) is 0.417. The average Bonchev–Trinajstić information content (AvgIpc) is 2.89. The van der Waals surface area contributed by atoms with Crippen LogP contribution >= 0.6 is 27.5 Å². The van der Waals surface area contributed by atoms with Crippen LogP contribution < -0.4 is 10.5 Å². The minimum absolute atomic E-state index is 0.0655. The van der Waals surface area contributed by atoms with Crippen molar-refractivity contribution in [1.29, 1.82) is 0 Å². The van der Waals surface area contributed by atoms with E-state index < -0.39 is 15.6 Å². The molecule has 0 aromatic heterocycles. The normalized spacial score (nSPS) is 18.9. The summed E-state index contributed by atoms with van der Waals surface area (Å²) in [6.07, 6.45) is 2.61. The van der Waals surface area contributed by atoms with E-state index in [4.69, 9.17) is 22.5 Å². The number of halogens is 2. The molecular weight excluding hydrogens is 382 g/mol. The number of nitrogens with one attached hydrogen (secondary N) is 1. The first-order valence-electron chi connectivity index (χ1n) is 6.28. The van der Waals surface area contributed by atoms with Gasteiger partial charge in [-0.3, -0.25) is 0 Å². The van der Waals surface area contributed by atoms with Gasteiger partial charge in [-0.05, 0) is 47.0 Å². The second-order valence-corrected chi connectivity index (χ2v) is 7.90. The lowest BCUT2D eigenvalue weighted by Gasteiger charge is -2.28. The van der Waals surface area contributed by atoms with E-state index in [9.17, 15) is 8.42 Å². The summed E-state index contributed by atoms with van der Waals surface area (Å²) >= 11 is 9.06. The summed E-state index contributed by atoms with van der Waals surface area (Å²) in [5.41, 5.74) is 4.67. The molecule has 0 saturated heterocycles. The zero-order valence-corrected chi connectivity index (χ0v) is 14.2. The Bertz CT molecular complexity index is 672. The van der Waals surface area contributed by atoms with Crippen molar-refractivity contribution >= 4 is 43.4 Å². The van der Waals surface area contributed by atoms with Crippen LogP contribution in [-0.2, 0) is 10.0 Å². The van der Waals surface area contributed by atoms with Crippen LogP contribution in [0.3, 0.4) is 0 Å². The molecule has 21 heavy (non-hydrogen) atoms. The molecule has 1 fully saturated rings. The predicted octanol–water partition coefficient (Wildman–Crippen LogP) is 2.44. The van der Waals surface area contributed by atoms with Crippen molar-refractivity contribution in [3.63, 3.8) is 0 Å². The van der Waals surface area contributed by atoms with E-state index in [0.717, 1.165) is 12.8 Å². The molecule has 1 aliphatic rings. The van der Waals surface area contributed by atoms with E-state index in [1.54, 1.807) is 0 Å². The quantitative estimate of drug-likeness (QED) is 0.314. The van der Waals surface area contributed by atoms with Crippen molar-refractivity contribution in [2.75, 3.05) is 0 Å². The Kier molecular flexibility index (Phi) is 4.82. The van der Waals surface area contributed by atoms with Crippen molar-refractivity contribution in [2.24, 2.45) is 10.9 Å². The molecule has 0 bridgehead atoms. The van der Waals surface area contributed by atoms with Crippen molar-refractivity contribution in [3.05, 3.63) is 27.7 Å². The number of rotatable bonds is 4. The second-order valence-electron chi connectivity index (χ2n) is 4.96. The molecule has 116 valence electrons. The Morgan fingerprint density at radius 3 is 2.57 bits per heavy atom. The fourth-order valence-electron chi connectivity index (χ4n) is 2.44. The van der Waals surface area contributed by atoms with Gasteiger partial charge in [0.25, 0.3) is 0 Å². The van der Waals surface area contributed by atoms with Gasteiger partial charge in [-0.1, -0.05) is 29.6 Å². The highest BCUT2D eigenvalue weighted by atomic mass is 79.9. The summed E-state index contributed by atoms with van der Waals surface area (Å²) in [4.78, 5) is 0.0655.